The van der Waals surface area contributed by atoms with Gasteiger partial charge in [-0.1, -0.05) is 38.1 Å². The summed E-state index contributed by atoms with van der Waals surface area (Å²) in [5.74, 6) is 0.883. The maximum atomic E-state index is 9.51. The van der Waals surface area contributed by atoms with Crippen molar-refractivity contribution in [2.45, 2.75) is 26.2 Å². The van der Waals surface area contributed by atoms with Gasteiger partial charge in [0.1, 0.15) is 5.75 Å². The molecule has 0 aromatic heterocycles. The largest absolute Gasteiger partial charge is 0.508 e. The Morgan fingerprint density at radius 1 is 1.20 bits per heavy atom. The maximum absolute atomic E-state index is 9.51. The van der Waals surface area contributed by atoms with Crippen LogP contribution in [-0.4, -0.2) is 5.11 Å². The maximum Gasteiger partial charge on any atom is 0.116 e. The van der Waals surface area contributed by atoms with Crippen molar-refractivity contribution in [1.82, 2.24) is 0 Å². The fraction of sp³-hybridized carbons (Fsp3) is 0.286. The number of phenols is 1. The van der Waals surface area contributed by atoms with Gasteiger partial charge in [-0.25, -0.2) is 0 Å². The first-order chi connectivity index (χ1) is 7.22. The Kier molecular flexibility index (Phi) is 2.63. The molecule has 0 saturated carbocycles. The van der Waals surface area contributed by atoms with Gasteiger partial charge in [-0.3, -0.25) is 0 Å². The molecule has 0 radical (unpaired) electrons. The van der Waals surface area contributed by atoms with Gasteiger partial charge in [0.15, 0.2) is 0 Å². The molecule has 1 atom stereocenters. The van der Waals surface area contributed by atoms with Gasteiger partial charge in [0.05, 0.1) is 0 Å². The molecule has 2 rings (SSSR count). The summed E-state index contributed by atoms with van der Waals surface area (Å²) in [6, 6.07) is 11.9. The Morgan fingerprint density at radius 2 is 2.00 bits per heavy atom. The van der Waals surface area contributed by atoms with E-state index in [1.54, 1.807) is 6.07 Å². The first-order valence-electron chi connectivity index (χ1n) is 5.44. The van der Waals surface area contributed by atoms with E-state index >= 15 is 0 Å². The highest BCUT2D eigenvalue weighted by Gasteiger charge is 2.07. The third kappa shape index (κ3) is 1.82. The highest BCUT2D eigenvalue weighted by molar-refractivity contribution is 5.87. The van der Waals surface area contributed by atoms with Crippen molar-refractivity contribution >= 4 is 10.8 Å². The summed E-state index contributed by atoms with van der Waals surface area (Å²) < 4.78 is 0. The standard InChI is InChI=1S/C14H16O/c1-3-10(2)13-6-4-5-11-7-8-12(15)9-14(11)13/h4-10,15H,3H2,1-2H3. The zero-order valence-corrected chi connectivity index (χ0v) is 9.20. The van der Waals surface area contributed by atoms with Crippen LogP contribution < -0.4 is 0 Å². The molecule has 0 heterocycles. The average molecular weight is 200 g/mol. The van der Waals surface area contributed by atoms with Gasteiger partial charge in [-0.2, -0.15) is 0 Å². The van der Waals surface area contributed by atoms with Crippen molar-refractivity contribution in [3.05, 3.63) is 42.0 Å². The molecule has 1 heteroatoms. The summed E-state index contributed by atoms with van der Waals surface area (Å²) in [6.07, 6.45) is 1.12. The zero-order chi connectivity index (χ0) is 10.8. The molecule has 1 unspecified atom stereocenters. The lowest BCUT2D eigenvalue weighted by atomic mass is 9.93. The van der Waals surface area contributed by atoms with Gasteiger partial charge in [0.2, 0.25) is 0 Å². The topological polar surface area (TPSA) is 20.2 Å². The lowest BCUT2D eigenvalue weighted by molar-refractivity contribution is 0.476. The third-order valence-electron chi connectivity index (χ3n) is 3.04. The van der Waals surface area contributed by atoms with Crippen molar-refractivity contribution in [1.29, 1.82) is 0 Å². The van der Waals surface area contributed by atoms with Crippen LogP contribution in [0.15, 0.2) is 36.4 Å². The molecule has 1 nitrogen and oxygen atoms in total. The van der Waals surface area contributed by atoms with Crippen molar-refractivity contribution in [3.63, 3.8) is 0 Å². The Hall–Kier alpha value is -1.50. The van der Waals surface area contributed by atoms with E-state index in [9.17, 15) is 5.11 Å². The quantitative estimate of drug-likeness (QED) is 0.775. The summed E-state index contributed by atoms with van der Waals surface area (Å²) in [6.45, 7) is 4.41. The van der Waals surface area contributed by atoms with E-state index in [4.69, 9.17) is 0 Å². The van der Waals surface area contributed by atoms with Gasteiger partial charge in [-0.15, -0.1) is 0 Å². The van der Waals surface area contributed by atoms with Crippen LogP contribution in [0.25, 0.3) is 10.8 Å². The lowest BCUT2D eigenvalue weighted by Crippen LogP contribution is -1.92. The number of aromatic hydroxyl groups is 1. The molecule has 0 saturated heterocycles. The Bertz CT molecular complexity index is 474. The second-order valence-corrected chi connectivity index (χ2v) is 4.06. The molecule has 1 N–H and O–H groups in total. The molecule has 0 fully saturated rings. The number of phenolic OH excluding ortho intramolecular Hbond substituents is 1. The number of hydrogen-bond donors (Lipinski definition) is 1. The van der Waals surface area contributed by atoms with E-state index in [0.29, 0.717) is 11.7 Å². The van der Waals surface area contributed by atoms with E-state index in [0.717, 1.165) is 6.42 Å². The number of benzene rings is 2. The fourth-order valence-corrected chi connectivity index (χ4v) is 1.93. The Labute approximate surface area is 90.4 Å². The normalized spacial score (nSPS) is 12.9. The Balaban J connectivity index is 2.68. The zero-order valence-electron chi connectivity index (χ0n) is 9.20. The SMILES string of the molecule is CCC(C)c1cccc2ccc(O)cc12. The van der Waals surface area contributed by atoms with Gasteiger partial charge >= 0.3 is 0 Å². The van der Waals surface area contributed by atoms with Gasteiger partial charge in [0, 0.05) is 0 Å². The van der Waals surface area contributed by atoms with Gasteiger partial charge < -0.3 is 5.11 Å². The van der Waals surface area contributed by atoms with Crippen LogP contribution in [-0.2, 0) is 0 Å². The summed E-state index contributed by atoms with van der Waals surface area (Å²) in [4.78, 5) is 0. The van der Waals surface area contributed by atoms with Crippen LogP contribution in [0, 0.1) is 0 Å². The molecule has 0 aliphatic carbocycles. The van der Waals surface area contributed by atoms with E-state index < -0.39 is 0 Å². The molecule has 0 bridgehead atoms. The average Bonchev–Trinajstić information content (AvgIpc) is 2.27. The first kappa shape index (κ1) is 10.0. The first-order valence-corrected chi connectivity index (χ1v) is 5.44. The highest BCUT2D eigenvalue weighted by atomic mass is 16.3. The smallest absolute Gasteiger partial charge is 0.116 e. The van der Waals surface area contributed by atoms with Gasteiger partial charge in [-0.05, 0) is 40.8 Å². The predicted molar refractivity (Wildman–Crippen MR) is 64.3 cm³/mol. The predicted octanol–water partition coefficient (Wildman–Crippen LogP) is 4.06. The number of hydrogen-bond acceptors (Lipinski definition) is 1. The van der Waals surface area contributed by atoms with Crippen LogP contribution in [0.1, 0.15) is 31.7 Å². The third-order valence-corrected chi connectivity index (χ3v) is 3.04. The van der Waals surface area contributed by atoms with E-state index in [1.165, 1.54) is 16.3 Å². The monoisotopic (exact) mass is 200 g/mol. The summed E-state index contributed by atoms with van der Waals surface area (Å²) in [7, 11) is 0. The molecule has 0 aliphatic rings. The van der Waals surface area contributed by atoms with Gasteiger partial charge in [0.25, 0.3) is 0 Å². The molecule has 15 heavy (non-hydrogen) atoms. The Morgan fingerprint density at radius 3 is 2.73 bits per heavy atom. The molecule has 0 spiro atoms. The van der Waals surface area contributed by atoms with Crippen molar-refractivity contribution in [2.75, 3.05) is 0 Å². The number of fused-ring (bicyclic) bond motifs is 1. The minimum absolute atomic E-state index is 0.346. The van der Waals surface area contributed by atoms with Crippen molar-refractivity contribution < 1.29 is 5.11 Å². The van der Waals surface area contributed by atoms with Crippen LogP contribution in [0.3, 0.4) is 0 Å². The molecule has 0 aliphatic heterocycles. The van der Waals surface area contributed by atoms with E-state index in [2.05, 4.69) is 32.0 Å². The molecule has 78 valence electrons. The second-order valence-electron chi connectivity index (χ2n) is 4.06. The molecule has 2 aromatic rings. The molecular formula is C14H16O. The van der Waals surface area contributed by atoms with Crippen LogP contribution >= 0.6 is 0 Å². The minimum atomic E-state index is 0.346. The van der Waals surface area contributed by atoms with Crippen molar-refractivity contribution in [3.8, 4) is 5.75 Å². The second kappa shape index (κ2) is 3.93. The van der Waals surface area contributed by atoms with Crippen LogP contribution in [0.4, 0.5) is 0 Å². The summed E-state index contributed by atoms with van der Waals surface area (Å²) >= 11 is 0. The summed E-state index contributed by atoms with van der Waals surface area (Å²) in [5, 5.41) is 11.9. The summed E-state index contributed by atoms with van der Waals surface area (Å²) in [5.41, 5.74) is 1.32. The molecule has 0 amide bonds. The molecule has 2 aromatic carbocycles. The van der Waals surface area contributed by atoms with E-state index in [-0.39, 0.29) is 0 Å². The number of rotatable bonds is 2. The lowest BCUT2D eigenvalue weighted by Gasteiger charge is -2.12. The van der Waals surface area contributed by atoms with Crippen LogP contribution in [0.5, 0.6) is 5.75 Å². The van der Waals surface area contributed by atoms with E-state index in [1.807, 2.05) is 12.1 Å². The highest BCUT2D eigenvalue weighted by Crippen LogP contribution is 2.29. The van der Waals surface area contributed by atoms with Crippen molar-refractivity contribution in [2.24, 2.45) is 0 Å². The minimum Gasteiger partial charge on any atom is -0.508 e. The van der Waals surface area contributed by atoms with Crippen LogP contribution in [0.2, 0.25) is 0 Å². The fourth-order valence-electron chi connectivity index (χ4n) is 1.93. The molecular weight excluding hydrogens is 184 g/mol.